The Kier molecular flexibility index (Phi) is 4.44. The van der Waals surface area contributed by atoms with E-state index in [1.165, 1.54) is 0 Å². The van der Waals surface area contributed by atoms with Crippen molar-refractivity contribution in [1.82, 2.24) is 5.32 Å². The van der Waals surface area contributed by atoms with Crippen molar-refractivity contribution in [1.29, 1.82) is 0 Å². The van der Waals surface area contributed by atoms with Gasteiger partial charge in [-0.05, 0) is 37.6 Å². The second-order valence-electron chi connectivity index (χ2n) is 4.34. The van der Waals surface area contributed by atoms with Gasteiger partial charge in [0, 0.05) is 5.69 Å². The van der Waals surface area contributed by atoms with E-state index >= 15 is 0 Å². The molecule has 5 heteroatoms. The van der Waals surface area contributed by atoms with Crippen molar-refractivity contribution in [3.63, 3.8) is 0 Å². The van der Waals surface area contributed by atoms with Gasteiger partial charge in [-0.15, -0.1) is 0 Å². The summed E-state index contributed by atoms with van der Waals surface area (Å²) < 4.78 is 5.06. The zero-order valence-corrected chi connectivity index (χ0v) is 11.1. The lowest BCUT2D eigenvalue weighted by molar-refractivity contribution is -0.118. The molecule has 18 heavy (non-hydrogen) atoms. The molecule has 1 saturated heterocycles. The minimum atomic E-state index is -0.0976. The van der Waals surface area contributed by atoms with Gasteiger partial charge in [0.1, 0.15) is 5.75 Å². The average Bonchev–Trinajstić information content (AvgIpc) is 2.40. The van der Waals surface area contributed by atoms with Gasteiger partial charge in [-0.25, -0.2) is 0 Å². The second kappa shape index (κ2) is 6.07. The zero-order chi connectivity index (χ0) is 13.0. The number of ether oxygens (including phenoxy) is 1. The van der Waals surface area contributed by atoms with Gasteiger partial charge in [-0.3, -0.25) is 4.79 Å². The average molecular weight is 269 g/mol. The summed E-state index contributed by atoms with van der Waals surface area (Å²) in [6, 6.07) is 5.12. The molecule has 4 nitrogen and oxygen atoms in total. The largest absolute Gasteiger partial charge is 0.495 e. The maximum Gasteiger partial charge on any atom is 0.241 e. The summed E-state index contributed by atoms with van der Waals surface area (Å²) in [5, 5.41) is 6.56. The molecular weight excluding hydrogens is 252 g/mol. The minimum Gasteiger partial charge on any atom is -0.495 e. The molecule has 1 aliphatic rings. The molecule has 1 aromatic carbocycles. The first-order chi connectivity index (χ1) is 8.70. The van der Waals surface area contributed by atoms with Gasteiger partial charge in [0.15, 0.2) is 0 Å². The Bertz CT molecular complexity index is 431. The van der Waals surface area contributed by atoms with Crippen molar-refractivity contribution in [3.05, 3.63) is 23.2 Å². The third kappa shape index (κ3) is 3.15. The fraction of sp³-hybridized carbons (Fsp3) is 0.462. The van der Waals surface area contributed by atoms with Gasteiger partial charge in [0.2, 0.25) is 5.91 Å². The highest BCUT2D eigenvalue weighted by atomic mass is 35.5. The molecule has 1 fully saturated rings. The number of anilines is 1. The van der Waals surface area contributed by atoms with E-state index in [1.807, 2.05) is 0 Å². The van der Waals surface area contributed by atoms with Gasteiger partial charge in [-0.1, -0.05) is 18.0 Å². The van der Waals surface area contributed by atoms with Crippen molar-refractivity contribution in [3.8, 4) is 5.75 Å². The van der Waals surface area contributed by atoms with E-state index in [1.54, 1.807) is 25.3 Å². The summed E-state index contributed by atoms with van der Waals surface area (Å²) >= 11 is 6.01. The number of carbonyl (C=O) groups excluding carboxylic acids is 1. The first-order valence-corrected chi connectivity index (χ1v) is 6.46. The van der Waals surface area contributed by atoms with Crippen LogP contribution in [0.2, 0.25) is 5.02 Å². The summed E-state index contributed by atoms with van der Waals surface area (Å²) in [5.41, 5.74) is 0.693. The van der Waals surface area contributed by atoms with Crippen LogP contribution >= 0.6 is 11.6 Å². The molecule has 1 heterocycles. The van der Waals surface area contributed by atoms with Crippen LogP contribution in [-0.4, -0.2) is 25.6 Å². The molecule has 2 rings (SSSR count). The van der Waals surface area contributed by atoms with Gasteiger partial charge in [0.05, 0.1) is 18.2 Å². The fourth-order valence-corrected chi connectivity index (χ4v) is 2.31. The fourth-order valence-electron chi connectivity index (χ4n) is 2.05. The lowest BCUT2D eigenvalue weighted by Gasteiger charge is -2.22. The van der Waals surface area contributed by atoms with Crippen LogP contribution in [0.3, 0.4) is 0 Å². The van der Waals surface area contributed by atoms with Crippen LogP contribution in [0.4, 0.5) is 5.69 Å². The topological polar surface area (TPSA) is 50.4 Å². The molecule has 1 amide bonds. The van der Waals surface area contributed by atoms with Crippen molar-refractivity contribution in [2.24, 2.45) is 0 Å². The summed E-state index contributed by atoms with van der Waals surface area (Å²) in [4.78, 5) is 12.0. The third-order valence-electron chi connectivity index (χ3n) is 3.05. The third-order valence-corrected chi connectivity index (χ3v) is 3.34. The Labute approximate surface area is 112 Å². The number of methoxy groups -OCH3 is 1. The molecule has 98 valence electrons. The standard InChI is InChI=1S/C13H17ClN2O2/c1-18-12-6-5-9(8-10(12)14)16-13(17)11-4-2-3-7-15-11/h5-6,8,11,15H,2-4,7H2,1H3,(H,16,17)/t11-/m1/s1. The van der Waals surface area contributed by atoms with Crippen molar-refractivity contribution in [2.45, 2.75) is 25.3 Å². The number of piperidine rings is 1. The Hall–Kier alpha value is -1.26. The molecule has 0 saturated carbocycles. The van der Waals surface area contributed by atoms with E-state index in [-0.39, 0.29) is 11.9 Å². The van der Waals surface area contributed by atoms with Crippen LogP contribution in [0.25, 0.3) is 0 Å². The quantitative estimate of drug-likeness (QED) is 0.885. The number of halogens is 1. The maximum atomic E-state index is 12.0. The monoisotopic (exact) mass is 268 g/mol. The molecule has 1 atom stereocenters. The van der Waals surface area contributed by atoms with Gasteiger partial charge in [0.25, 0.3) is 0 Å². The zero-order valence-electron chi connectivity index (χ0n) is 10.3. The van der Waals surface area contributed by atoms with E-state index in [2.05, 4.69) is 10.6 Å². The summed E-state index contributed by atoms with van der Waals surface area (Å²) in [6.07, 6.45) is 3.11. The van der Waals surface area contributed by atoms with E-state index in [4.69, 9.17) is 16.3 Å². The number of amides is 1. The summed E-state index contributed by atoms with van der Waals surface area (Å²) in [6.45, 7) is 0.904. The van der Waals surface area contributed by atoms with Crippen molar-refractivity contribution >= 4 is 23.2 Å². The molecule has 1 aromatic rings. The van der Waals surface area contributed by atoms with Crippen LogP contribution in [0.15, 0.2) is 18.2 Å². The molecule has 1 aliphatic heterocycles. The van der Waals surface area contributed by atoms with Crippen LogP contribution in [0, 0.1) is 0 Å². The predicted octanol–water partition coefficient (Wildman–Crippen LogP) is 2.43. The Balaban J connectivity index is 2.00. The first kappa shape index (κ1) is 13.2. The van der Waals surface area contributed by atoms with E-state index in [0.717, 1.165) is 25.8 Å². The molecule has 0 aromatic heterocycles. The number of carbonyl (C=O) groups is 1. The second-order valence-corrected chi connectivity index (χ2v) is 4.75. The van der Waals surface area contributed by atoms with E-state index < -0.39 is 0 Å². The SMILES string of the molecule is COc1ccc(NC(=O)[C@H]2CCCCN2)cc1Cl. The van der Waals surface area contributed by atoms with E-state index in [9.17, 15) is 4.79 Å². The Morgan fingerprint density at radius 1 is 1.50 bits per heavy atom. The van der Waals surface area contributed by atoms with Crippen LogP contribution in [-0.2, 0) is 4.79 Å². The summed E-state index contributed by atoms with van der Waals surface area (Å²) in [5.74, 6) is 0.599. The van der Waals surface area contributed by atoms with Crippen LogP contribution < -0.4 is 15.4 Å². The number of benzene rings is 1. The summed E-state index contributed by atoms with van der Waals surface area (Å²) in [7, 11) is 1.56. The molecule has 0 spiro atoms. The van der Waals surface area contributed by atoms with Crippen molar-refractivity contribution < 1.29 is 9.53 Å². The molecule has 0 unspecified atom stereocenters. The number of rotatable bonds is 3. The number of hydrogen-bond donors (Lipinski definition) is 2. The van der Waals surface area contributed by atoms with Crippen molar-refractivity contribution in [2.75, 3.05) is 19.0 Å². The number of hydrogen-bond acceptors (Lipinski definition) is 3. The lowest BCUT2D eigenvalue weighted by Crippen LogP contribution is -2.43. The van der Waals surface area contributed by atoms with Gasteiger partial charge >= 0.3 is 0 Å². The molecule has 0 radical (unpaired) electrons. The molecule has 0 bridgehead atoms. The highest BCUT2D eigenvalue weighted by molar-refractivity contribution is 6.32. The Morgan fingerprint density at radius 3 is 2.94 bits per heavy atom. The highest BCUT2D eigenvalue weighted by Gasteiger charge is 2.20. The van der Waals surface area contributed by atoms with Crippen LogP contribution in [0.5, 0.6) is 5.75 Å². The Morgan fingerprint density at radius 2 is 2.33 bits per heavy atom. The predicted molar refractivity (Wildman–Crippen MR) is 72.3 cm³/mol. The molecule has 2 N–H and O–H groups in total. The first-order valence-electron chi connectivity index (χ1n) is 6.08. The normalized spacial score (nSPS) is 19.3. The maximum absolute atomic E-state index is 12.0. The number of nitrogens with one attached hydrogen (secondary N) is 2. The minimum absolute atomic E-state index is 0.00377. The van der Waals surface area contributed by atoms with Crippen LogP contribution in [0.1, 0.15) is 19.3 Å². The van der Waals surface area contributed by atoms with Gasteiger partial charge < -0.3 is 15.4 Å². The molecular formula is C13H17ClN2O2. The molecule has 0 aliphatic carbocycles. The lowest BCUT2D eigenvalue weighted by atomic mass is 10.0. The van der Waals surface area contributed by atoms with E-state index in [0.29, 0.717) is 16.5 Å². The smallest absolute Gasteiger partial charge is 0.241 e. The van der Waals surface area contributed by atoms with Gasteiger partial charge in [-0.2, -0.15) is 0 Å². The highest BCUT2D eigenvalue weighted by Crippen LogP contribution is 2.27.